The van der Waals surface area contributed by atoms with Gasteiger partial charge in [-0.05, 0) is 18.2 Å². The molecular formula is C18H20F2N7O+. The molecule has 2 aliphatic heterocycles. The van der Waals surface area contributed by atoms with Crippen molar-refractivity contribution in [1.82, 2.24) is 25.2 Å². The van der Waals surface area contributed by atoms with Gasteiger partial charge in [-0.2, -0.15) is 8.78 Å². The summed E-state index contributed by atoms with van der Waals surface area (Å²) >= 11 is 0. The Labute approximate surface area is 159 Å². The molecule has 0 spiro atoms. The monoisotopic (exact) mass is 388 g/mol. The zero-order valence-electron chi connectivity index (χ0n) is 15.0. The third-order valence-corrected chi connectivity index (χ3v) is 4.89. The van der Waals surface area contributed by atoms with Crippen LogP contribution in [0.15, 0.2) is 30.6 Å². The minimum Gasteiger partial charge on any atom is -0.353 e. The number of carbonyl (C=O) groups excluding carboxylic acids is 1. The van der Waals surface area contributed by atoms with Gasteiger partial charge in [0, 0.05) is 44.0 Å². The lowest BCUT2D eigenvalue weighted by atomic mass is 10.1. The summed E-state index contributed by atoms with van der Waals surface area (Å²) in [5.74, 6) is 1.25. The lowest BCUT2D eigenvalue weighted by Crippen LogP contribution is -2.52. The molecule has 2 aliphatic rings. The normalized spacial score (nSPS) is 19.4. The molecule has 8 nitrogen and oxygen atoms in total. The van der Waals surface area contributed by atoms with Crippen molar-refractivity contribution in [1.29, 1.82) is 0 Å². The predicted molar refractivity (Wildman–Crippen MR) is 99.9 cm³/mol. The van der Waals surface area contributed by atoms with Crippen LogP contribution < -0.4 is 15.6 Å². The fraction of sp³-hybridized carbons (Fsp3) is 0.333. The maximum Gasteiger partial charge on any atom is 0.320 e. The highest BCUT2D eigenvalue weighted by atomic mass is 19.3. The van der Waals surface area contributed by atoms with Gasteiger partial charge in [-0.1, -0.05) is 0 Å². The molecule has 146 valence electrons. The number of aromatic nitrogens is 3. The van der Waals surface area contributed by atoms with Crippen molar-refractivity contribution in [3.8, 4) is 11.3 Å². The number of aromatic amines is 1. The van der Waals surface area contributed by atoms with Crippen molar-refractivity contribution in [3.05, 3.63) is 36.4 Å². The van der Waals surface area contributed by atoms with Gasteiger partial charge >= 0.3 is 12.5 Å². The zero-order valence-corrected chi connectivity index (χ0v) is 15.0. The fourth-order valence-electron chi connectivity index (χ4n) is 3.39. The topological polar surface area (TPSA) is 103 Å². The van der Waals surface area contributed by atoms with E-state index in [0.29, 0.717) is 25.5 Å². The summed E-state index contributed by atoms with van der Waals surface area (Å²) in [6.45, 7) is 2.72. The van der Waals surface area contributed by atoms with Crippen LogP contribution in [0.1, 0.15) is 5.82 Å². The van der Waals surface area contributed by atoms with Crippen LogP contribution in [-0.2, 0) is 0 Å². The Balaban J connectivity index is 1.49. The standard InChI is InChI=1S/C18H19F2N7O/c19-17(20)13(21)1-2-15-23-9-14(25-15)11-3-4-22-16(7-11)26-5-6-27-12(10-26)8-24-18(27)28/h1-4,7,9,12,17,21H,5-6,8,10H2,(H,23,25)(H,24,28)/p+1/b2-1-,21-13?. The van der Waals surface area contributed by atoms with Gasteiger partial charge in [0.05, 0.1) is 17.9 Å². The lowest BCUT2D eigenvalue weighted by molar-refractivity contribution is -0.124. The van der Waals surface area contributed by atoms with Gasteiger partial charge in [0.2, 0.25) is 5.71 Å². The SMILES string of the molecule is [NH2+]=C(/C=C\c1ncc(-c2ccnc(N3CCN4C(=O)NCC4C3)c2)[nH]1)C(F)F. The summed E-state index contributed by atoms with van der Waals surface area (Å²) in [7, 11) is 0. The first-order valence-electron chi connectivity index (χ1n) is 8.90. The maximum absolute atomic E-state index is 12.4. The summed E-state index contributed by atoms with van der Waals surface area (Å²) < 4.78 is 24.9. The number of alkyl halides is 2. The van der Waals surface area contributed by atoms with Gasteiger partial charge in [-0.3, -0.25) is 5.41 Å². The van der Waals surface area contributed by atoms with E-state index < -0.39 is 12.1 Å². The molecule has 4 heterocycles. The number of carbonyl (C=O) groups is 1. The van der Waals surface area contributed by atoms with E-state index in [1.54, 1.807) is 12.4 Å². The number of halogens is 2. The number of rotatable bonds is 5. The molecule has 28 heavy (non-hydrogen) atoms. The third kappa shape index (κ3) is 3.57. The van der Waals surface area contributed by atoms with Crippen LogP contribution in [0.2, 0.25) is 0 Å². The van der Waals surface area contributed by atoms with Crippen LogP contribution in [0.3, 0.4) is 0 Å². The number of piperazine rings is 1. The molecule has 2 aromatic rings. The molecule has 2 saturated heterocycles. The second-order valence-corrected chi connectivity index (χ2v) is 6.70. The number of pyridine rings is 1. The average Bonchev–Trinajstić information content (AvgIpc) is 3.33. The number of urea groups is 1. The van der Waals surface area contributed by atoms with E-state index in [2.05, 4.69) is 25.2 Å². The van der Waals surface area contributed by atoms with Gasteiger partial charge in [-0.25, -0.2) is 14.8 Å². The van der Waals surface area contributed by atoms with Gasteiger partial charge in [-0.15, -0.1) is 0 Å². The fourth-order valence-corrected chi connectivity index (χ4v) is 3.39. The number of nitrogens with one attached hydrogen (secondary N) is 2. The van der Waals surface area contributed by atoms with Crippen molar-refractivity contribution in [3.63, 3.8) is 0 Å². The Morgan fingerprint density at radius 2 is 2.21 bits per heavy atom. The lowest BCUT2D eigenvalue weighted by Gasteiger charge is -2.37. The molecule has 10 heteroatoms. The van der Waals surface area contributed by atoms with Gasteiger partial charge in [0.25, 0.3) is 0 Å². The van der Waals surface area contributed by atoms with E-state index in [4.69, 9.17) is 5.41 Å². The largest absolute Gasteiger partial charge is 0.353 e. The van der Waals surface area contributed by atoms with Gasteiger partial charge in [0.1, 0.15) is 11.6 Å². The molecule has 0 bridgehead atoms. The molecule has 2 amide bonds. The highest BCUT2D eigenvalue weighted by molar-refractivity contribution is 5.95. The van der Waals surface area contributed by atoms with Crippen LogP contribution in [0, 0.1) is 0 Å². The molecule has 0 aromatic carbocycles. The number of amides is 2. The number of hydrogen-bond donors (Lipinski definition) is 3. The second-order valence-electron chi connectivity index (χ2n) is 6.70. The number of nitrogens with two attached hydrogens (primary N) is 1. The number of hydrogen-bond acceptors (Lipinski definition) is 4. The molecular weight excluding hydrogens is 368 g/mol. The number of nitrogens with zero attached hydrogens (tertiary/aromatic N) is 4. The molecule has 1 unspecified atom stereocenters. The summed E-state index contributed by atoms with van der Waals surface area (Å²) in [5.41, 5.74) is 1.12. The number of H-pyrrole nitrogens is 1. The average molecular weight is 388 g/mol. The van der Waals surface area contributed by atoms with E-state index in [9.17, 15) is 13.6 Å². The smallest absolute Gasteiger partial charge is 0.320 e. The van der Waals surface area contributed by atoms with Gasteiger partial charge in [0.15, 0.2) is 0 Å². The number of anilines is 1. The van der Waals surface area contributed by atoms with Gasteiger partial charge < -0.3 is 20.1 Å². The first-order chi connectivity index (χ1) is 13.5. The first kappa shape index (κ1) is 18.1. The van der Waals surface area contributed by atoms with Crippen LogP contribution in [-0.4, -0.2) is 70.2 Å². The minimum atomic E-state index is -2.70. The number of fused-ring (bicyclic) bond motifs is 1. The Hall–Kier alpha value is -3.30. The summed E-state index contributed by atoms with van der Waals surface area (Å²) in [5, 5.41) is 8.09. The Morgan fingerprint density at radius 1 is 1.36 bits per heavy atom. The van der Waals surface area contributed by atoms with Crippen molar-refractivity contribution >= 4 is 23.6 Å². The van der Waals surface area contributed by atoms with E-state index in [1.165, 1.54) is 6.08 Å². The number of imidazole rings is 1. The van der Waals surface area contributed by atoms with E-state index >= 15 is 0 Å². The first-order valence-corrected chi connectivity index (χ1v) is 8.90. The van der Waals surface area contributed by atoms with Crippen molar-refractivity contribution < 1.29 is 19.0 Å². The summed E-state index contributed by atoms with van der Waals surface area (Å²) in [6, 6.07) is 3.93. The Morgan fingerprint density at radius 3 is 3.04 bits per heavy atom. The van der Waals surface area contributed by atoms with Crippen LogP contribution in [0.25, 0.3) is 17.3 Å². The molecule has 0 saturated carbocycles. The zero-order chi connectivity index (χ0) is 19.7. The molecule has 4 rings (SSSR count). The highest BCUT2D eigenvalue weighted by Crippen LogP contribution is 2.24. The van der Waals surface area contributed by atoms with Crippen LogP contribution >= 0.6 is 0 Å². The summed E-state index contributed by atoms with van der Waals surface area (Å²) in [4.78, 5) is 27.5. The van der Waals surface area contributed by atoms with E-state index in [-0.39, 0.29) is 12.1 Å². The molecule has 1 atom stereocenters. The Bertz CT molecular complexity index is 926. The predicted octanol–water partition coefficient (Wildman–Crippen LogP) is 0.164. The Kier molecular flexibility index (Phi) is 4.76. The maximum atomic E-state index is 12.4. The molecule has 2 fully saturated rings. The minimum absolute atomic E-state index is 0.00544. The van der Waals surface area contributed by atoms with E-state index in [1.807, 2.05) is 17.0 Å². The number of allylic oxidation sites excluding steroid dienone is 1. The third-order valence-electron chi connectivity index (χ3n) is 4.89. The van der Waals surface area contributed by atoms with Crippen molar-refractivity contribution in [2.24, 2.45) is 0 Å². The molecule has 4 N–H and O–H groups in total. The highest BCUT2D eigenvalue weighted by Gasteiger charge is 2.35. The van der Waals surface area contributed by atoms with E-state index in [0.717, 1.165) is 29.7 Å². The molecule has 0 aliphatic carbocycles. The summed E-state index contributed by atoms with van der Waals surface area (Å²) in [6.07, 6.45) is 3.21. The molecule has 2 aromatic heterocycles. The second kappa shape index (κ2) is 7.37. The van der Waals surface area contributed by atoms with Crippen molar-refractivity contribution in [2.75, 3.05) is 31.1 Å². The van der Waals surface area contributed by atoms with Crippen LogP contribution in [0.4, 0.5) is 19.4 Å². The quantitative estimate of drug-likeness (QED) is 0.635. The molecule has 0 radical (unpaired) electrons. The van der Waals surface area contributed by atoms with Crippen molar-refractivity contribution in [2.45, 2.75) is 12.5 Å². The van der Waals surface area contributed by atoms with Crippen LogP contribution in [0.5, 0.6) is 0 Å².